The minimum absolute atomic E-state index is 0.0425. The first-order valence-electron chi connectivity index (χ1n) is 12.3. The van der Waals surface area contributed by atoms with Gasteiger partial charge in [0.15, 0.2) is 5.78 Å². The van der Waals surface area contributed by atoms with E-state index < -0.39 is 0 Å². The van der Waals surface area contributed by atoms with Crippen molar-refractivity contribution in [3.63, 3.8) is 0 Å². The fourth-order valence-corrected chi connectivity index (χ4v) is 6.54. The van der Waals surface area contributed by atoms with E-state index in [0.717, 1.165) is 44.5 Å². The molecule has 1 aromatic carbocycles. The fourth-order valence-electron chi connectivity index (χ4n) is 6.54. The van der Waals surface area contributed by atoms with Crippen LogP contribution in [-0.2, 0) is 4.79 Å². The van der Waals surface area contributed by atoms with Gasteiger partial charge in [0.25, 0.3) is 0 Å². The lowest BCUT2D eigenvalue weighted by Gasteiger charge is -2.61. The van der Waals surface area contributed by atoms with Crippen molar-refractivity contribution in [2.45, 2.75) is 39.5 Å². The Hall–Kier alpha value is -2.12. The fraction of sp³-hybridized carbons (Fsp3) is 0.654. The second-order valence-electron chi connectivity index (χ2n) is 10.9. The molecule has 1 saturated heterocycles. The number of carbonyl (C=O) groups is 2. The molecule has 1 amide bonds. The zero-order valence-corrected chi connectivity index (χ0v) is 19.5. The van der Waals surface area contributed by atoms with Crippen molar-refractivity contribution < 1.29 is 19.1 Å². The summed E-state index contributed by atoms with van der Waals surface area (Å²) < 4.78 is 13.1. The van der Waals surface area contributed by atoms with Crippen LogP contribution in [0.1, 0.15) is 49.9 Å². The van der Waals surface area contributed by atoms with Gasteiger partial charge in [0, 0.05) is 35.6 Å². The number of amides is 1. The second-order valence-corrected chi connectivity index (χ2v) is 10.9. The number of ketones is 1. The molecule has 33 heavy (non-hydrogen) atoms. The Balaban J connectivity index is 1.18. The molecule has 6 rings (SSSR count). The van der Waals surface area contributed by atoms with E-state index in [2.05, 4.69) is 18.7 Å². The van der Waals surface area contributed by atoms with E-state index in [-0.39, 0.29) is 47.3 Å². The minimum atomic E-state index is -0.363. The number of benzene rings is 1. The molecule has 7 heteroatoms. The first kappa shape index (κ1) is 22.7. The SMILES string of the molecule is CC1(C)C2CC3C(=NN(CCN4CCC(C(=O)c5ccc(F)cc5)CC4)C(=O)C3CO)C1C2. The Morgan fingerprint density at radius 2 is 1.85 bits per heavy atom. The normalized spacial score (nSPS) is 31.6. The smallest absolute Gasteiger partial charge is 0.248 e. The third kappa shape index (κ3) is 3.93. The highest BCUT2D eigenvalue weighted by atomic mass is 19.1. The largest absolute Gasteiger partial charge is 0.396 e. The number of likely N-dealkylation sites (tertiary alicyclic amines) is 1. The van der Waals surface area contributed by atoms with E-state index in [1.807, 2.05) is 0 Å². The quantitative estimate of drug-likeness (QED) is 0.669. The van der Waals surface area contributed by atoms with Gasteiger partial charge in [0.1, 0.15) is 5.82 Å². The Bertz CT molecular complexity index is 952. The number of rotatable bonds is 6. The standard InChI is InChI=1S/C26H34FN3O3/c1-26(2)18-13-20-21(15-31)25(33)30(28-23(20)22(26)14-18)12-11-29-9-7-17(8-10-29)24(32)16-3-5-19(27)6-4-16/h3-6,17-18,20-22,31H,7-15H2,1-2H3. The highest BCUT2D eigenvalue weighted by molar-refractivity contribution is 5.99. The van der Waals surface area contributed by atoms with Gasteiger partial charge in [-0.15, -0.1) is 0 Å². The first-order chi connectivity index (χ1) is 15.8. The van der Waals surface area contributed by atoms with Crippen LogP contribution in [0.2, 0.25) is 0 Å². The van der Waals surface area contributed by atoms with Gasteiger partial charge in [0.05, 0.1) is 19.1 Å². The summed E-state index contributed by atoms with van der Waals surface area (Å²) >= 11 is 0. The average molecular weight is 456 g/mol. The Labute approximate surface area is 194 Å². The number of hydrazone groups is 1. The number of piperidine rings is 1. The summed E-state index contributed by atoms with van der Waals surface area (Å²) in [5.41, 5.74) is 1.94. The van der Waals surface area contributed by atoms with Crippen LogP contribution >= 0.6 is 0 Å². The number of Topliss-reactive ketones (excluding diaryl/α,β-unsaturated/α-hetero) is 1. The lowest BCUT2D eigenvalue weighted by Crippen LogP contribution is -2.62. The van der Waals surface area contributed by atoms with E-state index >= 15 is 0 Å². The zero-order valence-electron chi connectivity index (χ0n) is 19.5. The van der Waals surface area contributed by atoms with E-state index in [1.54, 1.807) is 17.1 Å². The van der Waals surface area contributed by atoms with E-state index in [9.17, 15) is 19.1 Å². The van der Waals surface area contributed by atoms with Crippen molar-refractivity contribution in [1.82, 2.24) is 9.91 Å². The molecule has 2 bridgehead atoms. The summed E-state index contributed by atoms with van der Waals surface area (Å²) in [5.74, 6) is 0.439. The molecule has 2 aliphatic heterocycles. The molecular weight excluding hydrogens is 421 g/mol. The predicted octanol–water partition coefficient (Wildman–Crippen LogP) is 3.21. The lowest BCUT2D eigenvalue weighted by atomic mass is 9.44. The van der Waals surface area contributed by atoms with E-state index in [4.69, 9.17) is 5.10 Å². The summed E-state index contributed by atoms with van der Waals surface area (Å²) in [6, 6.07) is 5.79. The Morgan fingerprint density at radius 3 is 2.48 bits per heavy atom. The third-order valence-corrected chi connectivity index (χ3v) is 8.95. The number of halogens is 1. The van der Waals surface area contributed by atoms with Gasteiger partial charge in [0.2, 0.25) is 5.91 Å². The van der Waals surface area contributed by atoms with Crippen LogP contribution in [0.15, 0.2) is 29.4 Å². The maximum absolute atomic E-state index is 13.1. The Morgan fingerprint density at radius 1 is 1.15 bits per heavy atom. The molecule has 3 aliphatic carbocycles. The summed E-state index contributed by atoms with van der Waals surface area (Å²) in [5, 5.41) is 16.4. The molecule has 4 atom stereocenters. The van der Waals surface area contributed by atoms with Crippen molar-refractivity contribution in [2.75, 3.05) is 32.8 Å². The van der Waals surface area contributed by atoms with Crippen LogP contribution in [0.25, 0.3) is 0 Å². The zero-order chi connectivity index (χ0) is 23.3. The van der Waals surface area contributed by atoms with Gasteiger partial charge >= 0.3 is 0 Å². The van der Waals surface area contributed by atoms with Crippen LogP contribution in [0, 0.1) is 40.8 Å². The molecule has 178 valence electrons. The molecule has 1 aromatic rings. The summed E-state index contributed by atoms with van der Waals surface area (Å²) in [6.45, 7) is 7.29. The summed E-state index contributed by atoms with van der Waals surface area (Å²) in [6.07, 6.45) is 3.64. The first-order valence-corrected chi connectivity index (χ1v) is 12.3. The molecule has 5 aliphatic rings. The molecule has 4 unspecified atom stereocenters. The van der Waals surface area contributed by atoms with Crippen LogP contribution in [0.5, 0.6) is 0 Å². The number of hydrogen-bond donors (Lipinski definition) is 1. The highest BCUT2D eigenvalue weighted by Gasteiger charge is 2.59. The summed E-state index contributed by atoms with van der Waals surface area (Å²) in [7, 11) is 0. The topological polar surface area (TPSA) is 73.2 Å². The van der Waals surface area contributed by atoms with Gasteiger partial charge < -0.3 is 10.0 Å². The van der Waals surface area contributed by atoms with Gasteiger partial charge in [-0.1, -0.05) is 13.8 Å². The molecule has 0 spiro atoms. The lowest BCUT2D eigenvalue weighted by molar-refractivity contribution is -0.143. The van der Waals surface area contributed by atoms with Crippen LogP contribution in [-0.4, -0.2) is 65.2 Å². The molecule has 1 N–H and O–H groups in total. The van der Waals surface area contributed by atoms with Crippen molar-refractivity contribution in [2.24, 2.45) is 40.1 Å². The maximum atomic E-state index is 13.1. The molecule has 6 nitrogen and oxygen atoms in total. The van der Waals surface area contributed by atoms with Crippen LogP contribution in [0.4, 0.5) is 4.39 Å². The second kappa shape index (κ2) is 8.58. The van der Waals surface area contributed by atoms with Gasteiger partial charge in [-0.05, 0) is 74.4 Å². The molecule has 0 radical (unpaired) electrons. The molecule has 0 aromatic heterocycles. The average Bonchev–Trinajstić information content (AvgIpc) is 2.82. The third-order valence-electron chi connectivity index (χ3n) is 8.95. The van der Waals surface area contributed by atoms with Gasteiger partial charge in [-0.25, -0.2) is 9.40 Å². The van der Waals surface area contributed by atoms with Crippen molar-refractivity contribution in [1.29, 1.82) is 0 Å². The molecule has 2 heterocycles. The predicted molar refractivity (Wildman–Crippen MR) is 123 cm³/mol. The monoisotopic (exact) mass is 455 g/mol. The van der Waals surface area contributed by atoms with E-state index in [1.165, 1.54) is 12.1 Å². The highest BCUT2D eigenvalue weighted by Crippen LogP contribution is 2.61. The molecule has 3 saturated carbocycles. The summed E-state index contributed by atoms with van der Waals surface area (Å²) in [4.78, 5) is 28.1. The number of aliphatic hydroxyl groups is 1. The number of hydrogen-bond acceptors (Lipinski definition) is 5. The Kier molecular flexibility index (Phi) is 5.90. The van der Waals surface area contributed by atoms with Crippen LogP contribution < -0.4 is 0 Å². The van der Waals surface area contributed by atoms with Crippen LogP contribution in [0.3, 0.4) is 0 Å². The van der Waals surface area contributed by atoms with Gasteiger partial charge in [-0.3, -0.25) is 9.59 Å². The van der Waals surface area contributed by atoms with Crippen molar-refractivity contribution in [3.8, 4) is 0 Å². The number of carbonyl (C=O) groups excluding carboxylic acids is 2. The van der Waals surface area contributed by atoms with Crippen molar-refractivity contribution >= 4 is 17.4 Å². The van der Waals surface area contributed by atoms with Gasteiger partial charge in [-0.2, -0.15) is 5.10 Å². The molecule has 4 fully saturated rings. The van der Waals surface area contributed by atoms with Crippen molar-refractivity contribution in [3.05, 3.63) is 35.6 Å². The number of nitrogens with zero attached hydrogens (tertiary/aromatic N) is 3. The van der Waals surface area contributed by atoms with E-state index in [0.29, 0.717) is 30.5 Å². The number of aliphatic hydroxyl groups excluding tert-OH is 1. The minimum Gasteiger partial charge on any atom is -0.396 e. The maximum Gasteiger partial charge on any atom is 0.248 e. The molecular formula is C26H34FN3O3.